The Morgan fingerprint density at radius 2 is 1.91 bits per heavy atom. The van der Waals surface area contributed by atoms with Crippen molar-refractivity contribution in [1.29, 1.82) is 0 Å². The number of pyridine rings is 1. The van der Waals surface area contributed by atoms with Crippen LogP contribution in [0.5, 0.6) is 5.75 Å². The number of halogens is 1. The molecule has 0 saturated carbocycles. The number of carbonyl (C=O) groups is 1. The van der Waals surface area contributed by atoms with Gasteiger partial charge < -0.3 is 9.84 Å². The summed E-state index contributed by atoms with van der Waals surface area (Å²) in [6.45, 7) is 2.09. The number of carboxylic acid groups (broad SMARTS) is 1. The summed E-state index contributed by atoms with van der Waals surface area (Å²) < 4.78 is 6.70. The Balaban J connectivity index is 2.11. The van der Waals surface area contributed by atoms with Gasteiger partial charge in [-0.25, -0.2) is 9.78 Å². The SMILES string of the molecule is Cc1c(C(=O)O)nc2c(Br)cccc2c1OCc1ccccc1. The van der Waals surface area contributed by atoms with Crippen LogP contribution in [0.4, 0.5) is 0 Å². The van der Waals surface area contributed by atoms with Crippen LogP contribution in [0.2, 0.25) is 0 Å². The lowest BCUT2D eigenvalue weighted by Gasteiger charge is -2.14. The maximum Gasteiger partial charge on any atom is 0.354 e. The van der Waals surface area contributed by atoms with E-state index in [4.69, 9.17) is 4.74 Å². The second kappa shape index (κ2) is 6.38. The molecule has 0 atom stereocenters. The molecule has 0 unspecified atom stereocenters. The summed E-state index contributed by atoms with van der Waals surface area (Å²) in [6, 6.07) is 15.3. The minimum absolute atomic E-state index is 0.00691. The molecule has 1 heterocycles. The lowest BCUT2D eigenvalue weighted by molar-refractivity contribution is 0.0689. The van der Waals surface area contributed by atoms with Crippen LogP contribution in [0.3, 0.4) is 0 Å². The number of fused-ring (bicyclic) bond motifs is 1. The monoisotopic (exact) mass is 371 g/mol. The first kappa shape index (κ1) is 15.5. The summed E-state index contributed by atoms with van der Waals surface area (Å²) in [6.07, 6.45) is 0. The summed E-state index contributed by atoms with van der Waals surface area (Å²) in [7, 11) is 0. The van der Waals surface area contributed by atoms with E-state index in [0.717, 1.165) is 15.4 Å². The molecule has 0 saturated heterocycles. The quantitative estimate of drug-likeness (QED) is 0.728. The van der Waals surface area contributed by atoms with Gasteiger partial charge in [-0.1, -0.05) is 36.4 Å². The lowest BCUT2D eigenvalue weighted by Crippen LogP contribution is -2.07. The van der Waals surface area contributed by atoms with Crippen LogP contribution in [0.15, 0.2) is 53.0 Å². The molecule has 0 radical (unpaired) electrons. The molecule has 0 bridgehead atoms. The van der Waals surface area contributed by atoms with Crippen molar-refractivity contribution in [2.45, 2.75) is 13.5 Å². The molecule has 0 spiro atoms. The fourth-order valence-electron chi connectivity index (χ4n) is 2.44. The van der Waals surface area contributed by atoms with Crippen molar-refractivity contribution >= 4 is 32.8 Å². The van der Waals surface area contributed by atoms with Crippen molar-refractivity contribution in [1.82, 2.24) is 4.98 Å². The fraction of sp³-hybridized carbons (Fsp3) is 0.111. The maximum atomic E-state index is 11.5. The second-order valence-corrected chi connectivity index (χ2v) is 5.98. The Bertz CT molecular complexity index is 878. The van der Waals surface area contributed by atoms with E-state index in [0.29, 0.717) is 23.4 Å². The number of para-hydroxylation sites is 1. The molecule has 2 aromatic carbocycles. The molecule has 116 valence electrons. The van der Waals surface area contributed by atoms with Gasteiger partial charge in [0.25, 0.3) is 0 Å². The predicted molar refractivity (Wildman–Crippen MR) is 91.9 cm³/mol. The van der Waals surface area contributed by atoms with Gasteiger partial charge in [0.1, 0.15) is 12.4 Å². The van der Waals surface area contributed by atoms with Gasteiger partial charge >= 0.3 is 5.97 Å². The van der Waals surface area contributed by atoms with E-state index in [-0.39, 0.29) is 5.69 Å². The van der Waals surface area contributed by atoms with Gasteiger partial charge in [0.2, 0.25) is 0 Å². The smallest absolute Gasteiger partial charge is 0.354 e. The van der Waals surface area contributed by atoms with E-state index < -0.39 is 5.97 Å². The first-order valence-corrected chi connectivity index (χ1v) is 7.86. The number of nitrogens with zero attached hydrogens (tertiary/aromatic N) is 1. The van der Waals surface area contributed by atoms with Crippen LogP contribution in [0.25, 0.3) is 10.9 Å². The molecule has 0 aliphatic carbocycles. The minimum Gasteiger partial charge on any atom is -0.488 e. The topological polar surface area (TPSA) is 59.4 Å². The summed E-state index contributed by atoms with van der Waals surface area (Å²) in [5.74, 6) is -0.512. The van der Waals surface area contributed by atoms with Crippen molar-refractivity contribution in [3.05, 3.63) is 69.8 Å². The van der Waals surface area contributed by atoms with Crippen molar-refractivity contribution in [2.75, 3.05) is 0 Å². The number of rotatable bonds is 4. The number of hydrogen-bond donors (Lipinski definition) is 1. The summed E-state index contributed by atoms with van der Waals surface area (Å²) >= 11 is 3.42. The first-order chi connectivity index (χ1) is 11.1. The molecule has 4 nitrogen and oxygen atoms in total. The van der Waals surface area contributed by atoms with E-state index >= 15 is 0 Å². The van der Waals surface area contributed by atoms with Crippen LogP contribution in [0.1, 0.15) is 21.6 Å². The highest BCUT2D eigenvalue weighted by Crippen LogP contribution is 2.34. The second-order valence-electron chi connectivity index (χ2n) is 5.13. The zero-order valence-corrected chi connectivity index (χ0v) is 14.0. The van der Waals surface area contributed by atoms with E-state index in [9.17, 15) is 9.90 Å². The number of ether oxygens (including phenoxy) is 1. The molecule has 1 aromatic heterocycles. The average Bonchev–Trinajstić information content (AvgIpc) is 2.54. The van der Waals surface area contributed by atoms with Gasteiger partial charge in [-0.15, -0.1) is 0 Å². The zero-order chi connectivity index (χ0) is 16.4. The molecule has 5 heteroatoms. The van der Waals surface area contributed by atoms with Crippen molar-refractivity contribution in [3.63, 3.8) is 0 Å². The molecular formula is C18H14BrNO3. The summed E-state index contributed by atoms with van der Waals surface area (Å²) in [4.78, 5) is 15.7. The van der Waals surface area contributed by atoms with Crippen LogP contribution < -0.4 is 4.74 Å². The van der Waals surface area contributed by atoms with Gasteiger partial charge in [0, 0.05) is 15.4 Å². The first-order valence-electron chi connectivity index (χ1n) is 7.06. The maximum absolute atomic E-state index is 11.5. The minimum atomic E-state index is -1.07. The molecule has 3 aromatic rings. The summed E-state index contributed by atoms with van der Waals surface area (Å²) in [5.41, 5.74) is 2.13. The molecule has 0 aliphatic heterocycles. The Hall–Kier alpha value is -2.40. The highest BCUT2D eigenvalue weighted by molar-refractivity contribution is 9.10. The lowest BCUT2D eigenvalue weighted by atomic mass is 10.1. The van der Waals surface area contributed by atoms with Gasteiger partial charge in [-0.05, 0) is 40.5 Å². The number of carboxylic acids is 1. The molecule has 1 N–H and O–H groups in total. The Kier molecular flexibility index (Phi) is 4.30. The highest BCUT2D eigenvalue weighted by Gasteiger charge is 2.19. The Labute approximate surface area is 141 Å². The van der Waals surface area contributed by atoms with Crippen LogP contribution in [-0.2, 0) is 6.61 Å². The van der Waals surface area contributed by atoms with Crippen molar-refractivity contribution in [3.8, 4) is 5.75 Å². The molecular weight excluding hydrogens is 358 g/mol. The van der Waals surface area contributed by atoms with Crippen molar-refractivity contribution in [2.24, 2.45) is 0 Å². The fourth-order valence-corrected chi connectivity index (χ4v) is 2.90. The standard InChI is InChI=1S/C18H14BrNO3/c1-11-15(18(21)22)20-16-13(8-5-9-14(16)19)17(11)23-10-12-6-3-2-4-7-12/h2-9H,10H2,1H3,(H,21,22). The van der Waals surface area contributed by atoms with Gasteiger partial charge in [0.15, 0.2) is 5.69 Å². The van der Waals surface area contributed by atoms with Gasteiger partial charge in [0.05, 0.1) is 5.52 Å². The van der Waals surface area contributed by atoms with Crippen molar-refractivity contribution < 1.29 is 14.6 Å². The largest absolute Gasteiger partial charge is 0.488 e. The molecule has 0 aliphatic rings. The van der Waals surface area contributed by atoms with E-state index in [2.05, 4.69) is 20.9 Å². The number of benzene rings is 2. The molecule has 3 rings (SSSR count). The molecule has 0 fully saturated rings. The third kappa shape index (κ3) is 3.05. The third-order valence-corrected chi connectivity index (χ3v) is 4.22. The highest BCUT2D eigenvalue weighted by atomic mass is 79.9. The molecule has 0 amide bonds. The third-order valence-electron chi connectivity index (χ3n) is 3.58. The van der Waals surface area contributed by atoms with Gasteiger partial charge in [-0.3, -0.25) is 0 Å². The summed E-state index contributed by atoms with van der Waals surface area (Å²) in [5, 5.41) is 10.2. The zero-order valence-electron chi connectivity index (χ0n) is 12.4. The van der Waals surface area contributed by atoms with E-state index in [1.807, 2.05) is 48.5 Å². The van der Waals surface area contributed by atoms with Crippen LogP contribution >= 0.6 is 15.9 Å². The predicted octanol–water partition coefficient (Wildman–Crippen LogP) is 4.58. The van der Waals surface area contributed by atoms with E-state index in [1.165, 1.54) is 0 Å². The average molecular weight is 372 g/mol. The van der Waals surface area contributed by atoms with Crippen LogP contribution in [-0.4, -0.2) is 16.1 Å². The normalized spacial score (nSPS) is 10.7. The van der Waals surface area contributed by atoms with E-state index in [1.54, 1.807) is 6.92 Å². The number of hydrogen-bond acceptors (Lipinski definition) is 3. The Morgan fingerprint density at radius 1 is 1.17 bits per heavy atom. The van der Waals surface area contributed by atoms with Gasteiger partial charge in [-0.2, -0.15) is 0 Å². The number of aromatic carboxylic acids is 1. The number of aromatic nitrogens is 1. The van der Waals surface area contributed by atoms with Crippen LogP contribution in [0, 0.1) is 6.92 Å². The Morgan fingerprint density at radius 3 is 2.61 bits per heavy atom. The molecule has 23 heavy (non-hydrogen) atoms.